The zero-order valence-corrected chi connectivity index (χ0v) is 24.0. The summed E-state index contributed by atoms with van der Waals surface area (Å²) in [6.45, 7) is 0. The number of anilines is 3. The lowest BCUT2D eigenvalue weighted by Gasteiger charge is -2.20. The van der Waals surface area contributed by atoms with Crippen LogP contribution in [0.4, 0.5) is 17.1 Å². The second-order valence-corrected chi connectivity index (χ2v) is 12.9. The van der Waals surface area contributed by atoms with Gasteiger partial charge < -0.3 is 10.1 Å². The molecule has 0 radical (unpaired) electrons. The first-order valence-electron chi connectivity index (χ1n) is 11.4. The van der Waals surface area contributed by atoms with Crippen molar-refractivity contribution in [1.29, 1.82) is 0 Å². The summed E-state index contributed by atoms with van der Waals surface area (Å²) in [5.74, 6) is 0.103. The third kappa shape index (κ3) is 6.59. The molecule has 4 rings (SSSR count). The van der Waals surface area contributed by atoms with Crippen molar-refractivity contribution >= 4 is 58.9 Å². The SMILES string of the molecule is COc1ccc(S(=O)(=O)N(C)c2ccc(C(=O)Nc3ccc(S(=O)(=O)Nc4ccc(Br)cc4)cc3)cc2)cc1. The average Bonchev–Trinajstić information content (AvgIpc) is 2.94. The molecule has 39 heavy (non-hydrogen) atoms. The van der Waals surface area contributed by atoms with E-state index < -0.39 is 26.0 Å². The van der Waals surface area contributed by atoms with Gasteiger partial charge in [0.25, 0.3) is 26.0 Å². The molecule has 0 atom stereocenters. The predicted molar refractivity (Wildman–Crippen MR) is 154 cm³/mol. The van der Waals surface area contributed by atoms with Crippen molar-refractivity contribution < 1.29 is 26.4 Å². The van der Waals surface area contributed by atoms with Crippen LogP contribution < -0.4 is 19.1 Å². The summed E-state index contributed by atoms with van der Waals surface area (Å²) in [6, 6.07) is 24.6. The third-order valence-electron chi connectivity index (χ3n) is 5.73. The Kier molecular flexibility index (Phi) is 8.28. The molecule has 0 unspecified atom stereocenters. The molecule has 0 aliphatic rings. The van der Waals surface area contributed by atoms with Crippen molar-refractivity contribution in [2.24, 2.45) is 0 Å². The number of carbonyl (C=O) groups is 1. The van der Waals surface area contributed by atoms with Gasteiger partial charge in [-0.25, -0.2) is 16.8 Å². The van der Waals surface area contributed by atoms with Crippen LogP contribution in [-0.4, -0.2) is 36.9 Å². The second-order valence-electron chi connectivity index (χ2n) is 8.29. The van der Waals surface area contributed by atoms with Crippen LogP contribution in [0.25, 0.3) is 0 Å². The Morgan fingerprint density at radius 3 is 1.85 bits per heavy atom. The number of sulfonamides is 2. The van der Waals surface area contributed by atoms with Crippen LogP contribution in [0.15, 0.2) is 111 Å². The van der Waals surface area contributed by atoms with Gasteiger partial charge in [0.15, 0.2) is 0 Å². The lowest BCUT2D eigenvalue weighted by molar-refractivity contribution is 0.102. The highest BCUT2D eigenvalue weighted by Gasteiger charge is 2.22. The molecule has 1 amide bonds. The summed E-state index contributed by atoms with van der Waals surface area (Å²) in [7, 11) is -4.70. The molecule has 0 spiro atoms. The summed E-state index contributed by atoms with van der Waals surface area (Å²) in [6.07, 6.45) is 0. The first-order chi connectivity index (χ1) is 18.5. The number of amides is 1. The molecule has 4 aromatic rings. The normalized spacial score (nSPS) is 11.5. The van der Waals surface area contributed by atoms with Crippen molar-refractivity contribution in [3.05, 3.63) is 107 Å². The summed E-state index contributed by atoms with van der Waals surface area (Å²) >= 11 is 3.30. The van der Waals surface area contributed by atoms with Gasteiger partial charge in [-0.15, -0.1) is 0 Å². The molecular weight excluding hydrogens is 606 g/mol. The number of hydrogen-bond donors (Lipinski definition) is 2. The molecule has 0 aromatic heterocycles. The van der Waals surface area contributed by atoms with Gasteiger partial charge in [0.1, 0.15) is 5.75 Å². The van der Waals surface area contributed by atoms with E-state index in [4.69, 9.17) is 4.74 Å². The monoisotopic (exact) mass is 629 g/mol. The fraction of sp³-hybridized carbons (Fsp3) is 0.0741. The number of hydrogen-bond acceptors (Lipinski definition) is 6. The van der Waals surface area contributed by atoms with Gasteiger partial charge in [-0.3, -0.25) is 13.8 Å². The minimum atomic E-state index is -3.82. The summed E-state index contributed by atoms with van der Waals surface area (Å²) in [4.78, 5) is 12.9. The lowest BCUT2D eigenvalue weighted by atomic mass is 10.2. The number of benzene rings is 4. The highest BCUT2D eigenvalue weighted by molar-refractivity contribution is 9.10. The zero-order chi connectivity index (χ0) is 28.2. The second kappa shape index (κ2) is 11.5. The largest absolute Gasteiger partial charge is 0.497 e. The minimum absolute atomic E-state index is 0.0360. The van der Waals surface area contributed by atoms with Crippen molar-refractivity contribution in [1.82, 2.24) is 0 Å². The van der Waals surface area contributed by atoms with E-state index >= 15 is 0 Å². The van der Waals surface area contributed by atoms with Crippen LogP contribution in [0, 0.1) is 0 Å². The topological polar surface area (TPSA) is 122 Å². The van der Waals surface area contributed by atoms with Crippen LogP contribution in [0.5, 0.6) is 5.75 Å². The van der Waals surface area contributed by atoms with Gasteiger partial charge in [0, 0.05) is 28.5 Å². The Bertz CT molecular complexity index is 1670. The van der Waals surface area contributed by atoms with E-state index in [9.17, 15) is 21.6 Å². The van der Waals surface area contributed by atoms with Crippen molar-refractivity contribution in [3.8, 4) is 5.75 Å². The Morgan fingerprint density at radius 2 is 1.28 bits per heavy atom. The maximum atomic E-state index is 13.0. The molecule has 2 N–H and O–H groups in total. The lowest BCUT2D eigenvalue weighted by Crippen LogP contribution is -2.26. The smallest absolute Gasteiger partial charge is 0.264 e. The van der Waals surface area contributed by atoms with E-state index in [0.717, 1.165) is 8.78 Å². The highest BCUT2D eigenvalue weighted by atomic mass is 79.9. The van der Waals surface area contributed by atoms with Gasteiger partial charge in [0.2, 0.25) is 0 Å². The molecule has 0 saturated carbocycles. The number of rotatable bonds is 9. The van der Waals surface area contributed by atoms with Gasteiger partial charge in [-0.2, -0.15) is 0 Å². The highest BCUT2D eigenvalue weighted by Crippen LogP contribution is 2.25. The quantitative estimate of drug-likeness (QED) is 0.258. The van der Waals surface area contributed by atoms with Crippen molar-refractivity contribution in [2.45, 2.75) is 9.79 Å². The first-order valence-corrected chi connectivity index (χ1v) is 15.1. The molecule has 0 saturated heterocycles. The Balaban J connectivity index is 1.42. The van der Waals surface area contributed by atoms with E-state index in [2.05, 4.69) is 26.0 Å². The van der Waals surface area contributed by atoms with Crippen LogP contribution >= 0.6 is 15.9 Å². The van der Waals surface area contributed by atoms with Crippen LogP contribution in [-0.2, 0) is 20.0 Å². The number of ether oxygens (including phenoxy) is 1. The fourth-order valence-electron chi connectivity index (χ4n) is 3.52. The zero-order valence-electron chi connectivity index (χ0n) is 20.8. The van der Waals surface area contributed by atoms with E-state index in [-0.39, 0.29) is 9.79 Å². The summed E-state index contributed by atoms with van der Waals surface area (Å²) in [5.41, 5.74) is 1.48. The minimum Gasteiger partial charge on any atom is -0.497 e. The number of methoxy groups -OCH3 is 1. The number of carbonyl (C=O) groups excluding carboxylic acids is 1. The van der Waals surface area contributed by atoms with Crippen LogP contribution in [0.2, 0.25) is 0 Å². The maximum absolute atomic E-state index is 13.0. The molecule has 9 nitrogen and oxygen atoms in total. The summed E-state index contributed by atoms with van der Waals surface area (Å²) in [5, 5.41) is 2.71. The molecule has 0 bridgehead atoms. The maximum Gasteiger partial charge on any atom is 0.264 e. The summed E-state index contributed by atoms with van der Waals surface area (Å²) < 4.78 is 60.8. The Labute approximate surface area is 235 Å². The van der Waals surface area contributed by atoms with Gasteiger partial charge in [-0.05, 0) is 97.1 Å². The van der Waals surface area contributed by atoms with Gasteiger partial charge in [-0.1, -0.05) is 15.9 Å². The average molecular weight is 631 g/mol. The van der Waals surface area contributed by atoms with E-state index in [0.29, 0.717) is 28.4 Å². The van der Waals surface area contributed by atoms with Crippen molar-refractivity contribution in [3.63, 3.8) is 0 Å². The number of nitrogens with one attached hydrogen (secondary N) is 2. The van der Waals surface area contributed by atoms with Crippen LogP contribution in [0.3, 0.4) is 0 Å². The van der Waals surface area contributed by atoms with Crippen molar-refractivity contribution in [2.75, 3.05) is 28.5 Å². The molecule has 4 aromatic carbocycles. The molecule has 0 heterocycles. The predicted octanol–water partition coefficient (Wildman–Crippen LogP) is 5.34. The molecule has 0 fully saturated rings. The van der Waals surface area contributed by atoms with Gasteiger partial charge in [0.05, 0.1) is 22.6 Å². The number of nitrogens with zero attached hydrogens (tertiary/aromatic N) is 1. The van der Waals surface area contributed by atoms with E-state index in [1.807, 2.05) is 0 Å². The molecule has 0 aliphatic carbocycles. The van der Waals surface area contributed by atoms with E-state index in [1.54, 1.807) is 36.4 Å². The number of halogens is 1. The Hall–Kier alpha value is -3.87. The standard InChI is InChI=1S/C27H24BrN3O6S2/c1-31(39(35,36)26-17-13-24(37-2)14-18-26)23-11-3-19(4-12-23)27(32)29-21-9-15-25(16-10-21)38(33,34)30-22-7-5-20(28)6-8-22/h3-18,30H,1-2H3,(H,29,32). The first kappa shape index (κ1) is 28.1. The molecule has 0 aliphatic heterocycles. The molecule has 202 valence electrons. The molecule has 12 heteroatoms. The Morgan fingerprint density at radius 1 is 0.744 bits per heavy atom. The molecular formula is C27H24BrN3O6S2. The van der Waals surface area contributed by atoms with Crippen LogP contribution in [0.1, 0.15) is 10.4 Å². The fourth-order valence-corrected chi connectivity index (χ4v) is 6.04. The third-order valence-corrected chi connectivity index (χ3v) is 9.46. The van der Waals surface area contributed by atoms with E-state index in [1.165, 1.54) is 74.8 Å². The van der Waals surface area contributed by atoms with Gasteiger partial charge >= 0.3 is 0 Å².